The first-order valence-corrected chi connectivity index (χ1v) is 11.6. The first-order chi connectivity index (χ1) is 16.8. The minimum atomic E-state index is -0.270. The van der Waals surface area contributed by atoms with Gasteiger partial charge in [-0.3, -0.25) is 14.6 Å². The molecule has 6 nitrogen and oxygen atoms in total. The van der Waals surface area contributed by atoms with Gasteiger partial charge in [-0.1, -0.05) is 36.4 Å². The van der Waals surface area contributed by atoms with E-state index in [4.69, 9.17) is 14.5 Å². The lowest BCUT2D eigenvalue weighted by Gasteiger charge is -2.29. The number of hydrogen-bond acceptors (Lipinski definition) is 5. The van der Waals surface area contributed by atoms with Crippen LogP contribution in [0.5, 0.6) is 5.75 Å². The second-order valence-electron chi connectivity index (χ2n) is 9.27. The van der Waals surface area contributed by atoms with Gasteiger partial charge in [0.05, 0.1) is 31.4 Å². The number of anilines is 1. The predicted octanol–water partition coefficient (Wildman–Crippen LogP) is 5.25. The zero-order chi connectivity index (χ0) is 24.8. The van der Waals surface area contributed by atoms with Gasteiger partial charge < -0.3 is 14.8 Å². The lowest BCUT2D eigenvalue weighted by atomic mass is 9.85. The van der Waals surface area contributed by atoms with Crippen LogP contribution in [0.3, 0.4) is 0 Å². The van der Waals surface area contributed by atoms with Gasteiger partial charge in [-0.25, -0.2) is 0 Å². The monoisotopic (exact) mass is 470 g/mol. The quantitative estimate of drug-likeness (QED) is 0.434. The number of carbonyl (C=O) groups is 2. The third kappa shape index (κ3) is 6.43. The van der Waals surface area contributed by atoms with Crippen LogP contribution in [-0.4, -0.2) is 36.7 Å². The molecule has 6 heteroatoms. The molecule has 180 valence electrons. The third-order valence-electron chi connectivity index (χ3n) is 5.85. The number of ketones is 1. The topological polar surface area (TPSA) is 77.0 Å². The summed E-state index contributed by atoms with van der Waals surface area (Å²) in [5.74, 6) is 0.472. The molecule has 0 fully saturated rings. The van der Waals surface area contributed by atoms with Crippen LogP contribution in [0, 0.1) is 0 Å². The van der Waals surface area contributed by atoms with E-state index < -0.39 is 0 Å². The van der Waals surface area contributed by atoms with E-state index in [9.17, 15) is 9.59 Å². The summed E-state index contributed by atoms with van der Waals surface area (Å²) >= 11 is 0. The average molecular weight is 471 g/mol. The van der Waals surface area contributed by atoms with Crippen molar-refractivity contribution in [3.63, 3.8) is 0 Å². The van der Waals surface area contributed by atoms with Crippen LogP contribution in [0.2, 0.25) is 0 Å². The van der Waals surface area contributed by atoms with Gasteiger partial charge in [0.15, 0.2) is 5.78 Å². The van der Waals surface area contributed by atoms with Crippen molar-refractivity contribution in [3.05, 3.63) is 95.1 Å². The van der Waals surface area contributed by atoms with Crippen molar-refractivity contribution < 1.29 is 19.1 Å². The number of benzene rings is 3. The number of nitrogens with one attached hydrogen (secondary N) is 1. The average Bonchev–Trinajstić information content (AvgIpc) is 2.84. The molecule has 0 radical (unpaired) electrons. The number of nitrogens with zero attached hydrogens (tertiary/aromatic N) is 1. The maximum absolute atomic E-state index is 13.1. The summed E-state index contributed by atoms with van der Waals surface area (Å²) in [5, 5.41) is 2.80. The Hall–Kier alpha value is -3.77. The first kappa shape index (κ1) is 24.4. The number of carbonyl (C=O) groups excluding carboxylic acids is 2. The molecule has 0 saturated carbocycles. The fraction of sp³-hybridized carbons (Fsp3) is 0.276. The fourth-order valence-electron chi connectivity index (χ4n) is 4.20. The van der Waals surface area contributed by atoms with Crippen molar-refractivity contribution >= 4 is 23.1 Å². The van der Waals surface area contributed by atoms with Crippen LogP contribution < -0.4 is 10.1 Å². The molecule has 0 aliphatic carbocycles. The molecule has 35 heavy (non-hydrogen) atoms. The molecular weight excluding hydrogens is 440 g/mol. The minimum Gasteiger partial charge on any atom is -0.497 e. The van der Waals surface area contributed by atoms with Crippen LogP contribution in [-0.2, 0) is 22.6 Å². The van der Waals surface area contributed by atoms with Crippen LogP contribution in [0.15, 0.2) is 77.8 Å². The molecule has 3 aromatic rings. The SMILES string of the molecule is COc1ccc2c(c1)C(CC(=O)c1ccc(NC(=O)COCc3ccccc3)cc1)=NC(C)(C)C2. The Balaban J connectivity index is 1.36. The minimum absolute atomic E-state index is 0.0284. The van der Waals surface area contributed by atoms with E-state index in [0.717, 1.165) is 29.0 Å². The Morgan fingerprint density at radius 1 is 1.00 bits per heavy atom. The summed E-state index contributed by atoms with van der Waals surface area (Å²) in [6, 6.07) is 22.5. The summed E-state index contributed by atoms with van der Waals surface area (Å²) in [6.45, 7) is 4.48. The summed E-state index contributed by atoms with van der Waals surface area (Å²) in [5.41, 5.74) is 4.83. The predicted molar refractivity (Wildman–Crippen MR) is 137 cm³/mol. The molecule has 1 aliphatic rings. The number of rotatable bonds is 9. The lowest BCUT2D eigenvalue weighted by Crippen LogP contribution is -2.30. The van der Waals surface area contributed by atoms with Crippen molar-refractivity contribution in [2.45, 2.75) is 38.8 Å². The van der Waals surface area contributed by atoms with E-state index in [1.807, 2.05) is 42.5 Å². The van der Waals surface area contributed by atoms with E-state index in [1.165, 1.54) is 5.56 Å². The fourth-order valence-corrected chi connectivity index (χ4v) is 4.20. The highest BCUT2D eigenvalue weighted by Gasteiger charge is 2.28. The maximum Gasteiger partial charge on any atom is 0.250 e. The zero-order valence-corrected chi connectivity index (χ0v) is 20.3. The van der Waals surface area contributed by atoms with Gasteiger partial charge in [-0.15, -0.1) is 0 Å². The molecule has 1 aliphatic heterocycles. The number of ether oxygens (including phenoxy) is 2. The van der Waals surface area contributed by atoms with Crippen LogP contribution in [0.1, 0.15) is 47.3 Å². The molecule has 0 saturated heterocycles. The summed E-state index contributed by atoms with van der Waals surface area (Å²) in [7, 11) is 1.63. The molecule has 0 bridgehead atoms. The highest BCUT2D eigenvalue weighted by Crippen LogP contribution is 2.31. The molecule has 0 aromatic heterocycles. The van der Waals surface area contributed by atoms with Crippen molar-refractivity contribution in [3.8, 4) is 5.75 Å². The van der Waals surface area contributed by atoms with Crippen molar-refractivity contribution in [2.75, 3.05) is 19.0 Å². The number of hydrogen-bond donors (Lipinski definition) is 1. The standard InChI is InChI=1S/C29H30N2O4/c1-29(2)17-22-11-14-24(34-3)15-25(22)26(31-29)16-27(32)21-9-12-23(13-10-21)30-28(33)19-35-18-20-7-5-4-6-8-20/h4-15H,16-19H2,1-3H3,(H,30,33). The van der Waals surface area contributed by atoms with Crippen LogP contribution in [0.25, 0.3) is 0 Å². The van der Waals surface area contributed by atoms with Gasteiger partial charge in [0, 0.05) is 16.8 Å². The summed E-state index contributed by atoms with van der Waals surface area (Å²) in [4.78, 5) is 30.1. The van der Waals surface area contributed by atoms with Crippen molar-refractivity contribution in [1.82, 2.24) is 0 Å². The number of fused-ring (bicyclic) bond motifs is 1. The molecule has 1 N–H and O–H groups in total. The van der Waals surface area contributed by atoms with Crippen LogP contribution >= 0.6 is 0 Å². The van der Waals surface area contributed by atoms with E-state index >= 15 is 0 Å². The van der Waals surface area contributed by atoms with E-state index in [1.54, 1.807) is 31.4 Å². The van der Waals surface area contributed by atoms with E-state index in [-0.39, 0.29) is 30.3 Å². The Kier molecular flexibility index (Phi) is 7.42. The summed E-state index contributed by atoms with van der Waals surface area (Å²) in [6.07, 6.45) is 1.01. The zero-order valence-electron chi connectivity index (χ0n) is 20.3. The molecule has 0 atom stereocenters. The van der Waals surface area contributed by atoms with E-state index in [0.29, 0.717) is 17.9 Å². The van der Waals surface area contributed by atoms with Gasteiger partial charge in [-0.05, 0) is 67.8 Å². The highest BCUT2D eigenvalue weighted by atomic mass is 16.5. The molecule has 4 rings (SSSR count). The molecular formula is C29H30N2O4. The second-order valence-corrected chi connectivity index (χ2v) is 9.27. The summed E-state index contributed by atoms with van der Waals surface area (Å²) < 4.78 is 10.9. The molecule has 0 unspecified atom stereocenters. The number of amides is 1. The Morgan fingerprint density at radius 3 is 2.46 bits per heavy atom. The third-order valence-corrected chi connectivity index (χ3v) is 5.85. The van der Waals surface area contributed by atoms with E-state index in [2.05, 4.69) is 25.2 Å². The first-order valence-electron chi connectivity index (χ1n) is 11.6. The smallest absolute Gasteiger partial charge is 0.250 e. The number of Topliss-reactive ketones (excluding diaryl/α,β-unsaturated/α-hetero) is 1. The normalized spacial score (nSPS) is 14.0. The van der Waals surface area contributed by atoms with Gasteiger partial charge in [0.1, 0.15) is 12.4 Å². The molecule has 1 amide bonds. The Morgan fingerprint density at radius 2 is 1.74 bits per heavy atom. The lowest BCUT2D eigenvalue weighted by molar-refractivity contribution is -0.121. The molecule has 1 heterocycles. The van der Waals surface area contributed by atoms with Crippen LogP contribution in [0.4, 0.5) is 5.69 Å². The van der Waals surface area contributed by atoms with Gasteiger partial charge in [0.2, 0.25) is 5.91 Å². The highest BCUT2D eigenvalue weighted by molar-refractivity contribution is 6.17. The maximum atomic E-state index is 13.1. The van der Waals surface area contributed by atoms with Gasteiger partial charge >= 0.3 is 0 Å². The molecule has 0 spiro atoms. The molecule has 3 aromatic carbocycles. The largest absolute Gasteiger partial charge is 0.497 e. The van der Waals surface area contributed by atoms with Gasteiger partial charge in [0.25, 0.3) is 0 Å². The van der Waals surface area contributed by atoms with Crippen molar-refractivity contribution in [2.24, 2.45) is 4.99 Å². The van der Waals surface area contributed by atoms with Crippen molar-refractivity contribution in [1.29, 1.82) is 0 Å². The number of methoxy groups -OCH3 is 1. The number of aliphatic imine (C=N–C) groups is 1. The Labute approximate surface area is 206 Å². The second kappa shape index (κ2) is 10.7. The van der Waals surface area contributed by atoms with Gasteiger partial charge in [-0.2, -0.15) is 0 Å². The Bertz CT molecular complexity index is 1230.